The predicted octanol–water partition coefficient (Wildman–Crippen LogP) is 7.94. The van der Waals surface area contributed by atoms with Crippen LogP contribution in [0.15, 0.2) is 88.6 Å². The summed E-state index contributed by atoms with van der Waals surface area (Å²) in [7, 11) is 0. The van der Waals surface area contributed by atoms with E-state index < -0.39 is 5.66 Å². The number of carbonyl (C=O) groups excluding carboxylic acids is 1. The molecule has 1 atom stereocenters. The maximum absolute atomic E-state index is 13.7. The zero-order valence-corrected chi connectivity index (χ0v) is 20.2. The van der Waals surface area contributed by atoms with Gasteiger partial charge in [0.1, 0.15) is 0 Å². The van der Waals surface area contributed by atoms with Gasteiger partial charge in [-0.2, -0.15) is 10.2 Å². The van der Waals surface area contributed by atoms with Crippen molar-refractivity contribution in [1.82, 2.24) is 0 Å². The molecule has 1 N–H and O–H groups in total. The summed E-state index contributed by atoms with van der Waals surface area (Å²) in [6.45, 7) is 6.44. The minimum Gasteiger partial charge on any atom is -0.373 e. The molecule has 0 saturated heterocycles. The summed E-state index contributed by atoms with van der Waals surface area (Å²) in [6.07, 6.45) is 1.46. The van der Waals surface area contributed by atoms with E-state index in [9.17, 15) is 4.79 Å². The molecule has 0 saturated carbocycles. The summed E-state index contributed by atoms with van der Waals surface area (Å²) in [5.41, 5.74) is 6.14. The van der Waals surface area contributed by atoms with Crippen LogP contribution in [0.25, 0.3) is 27.1 Å². The Morgan fingerprint density at radius 3 is 2.26 bits per heavy atom. The van der Waals surface area contributed by atoms with Crippen molar-refractivity contribution in [3.8, 4) is 0 Å². The van der Waals surface area contributed by atoms with Crippen LogP contribution in [0, 0.1) is 5.41 Å². The fraction of sp³-hybridized carbons (Fsp3) is 0.258. The first kappa shape index (κ1) is 20.6. The highest BCUT2D eigenvalue weighted by atomic mass is 16.1. The van der Waals surface area contributed by atoms with E-state index in [-0.39, 0.29) is 17.2 Å². The Morgan fingerprint density at radius 1 is 0.829 bits per heavy atom. The van der Waals surface area contributed by atoms with Gasteiger partial charge in [0, 0.05) is 28.8 Å². The van der Waals surface area contributed by atoms with E-state index in [1.165, 1.54) is 32.7 Å². The number of hydrogen-bond acceptors (Lipinski definition) is 4. The summed E-state index contributed by atoms with van der Waals surface area (Å²) in [5.74, 6) is 0.250. The molecule has 35 heavy (non-hydrogen) atoms. The van der Waals surface area contributed by atoms with Crippen molar-refractivity contribution in [2.75, 3.05) is 5.32 Å². The molecule has 3 aliphatic rings. The summed E-state index contributed by atoms with van der Waals surface area (Å²) >= 11 is 0. The average molecular weight is 458 g/mol. The molecule has 2 heterocycles. The summed E-state index contributed by atoms with van der Waals surface area (Å²) in [6, 6.07) is 25.7. The first-order chi connectivity index (χ1) is 16.8. The topological polar surface area (TPSA) is 53.8 Å². The lowest BCUT2D eigenvalue weighted by molar-refractivity contribution is -0.118. The molecule has 4 aromatic carbocycles. The molecule has 0 amide bonds. The van der Waals surface area contributed by atoms with Gasteiger partial charge in [0.2, 0.25) is 5.66 Å². The van der Waals surface area contributed by atoms with Crippen molar-refractivity contribution in [2.24, 2.45) is 15.6 Å². The molecule has 1 unspecified atom stereocenters. The number of carbonyl (C=O) groups is 1. The highest BCUT2D eigenvalue weighted by molar-refractivity contribution is 6.14. The molecule has 1 aliphatic carbocycles. The molecule has 4 nitrogen and oxygen atoms in total. The summed E-state index contributed by atoms with van der Waals surface area (Å²) in [5, 5.41) is 17.0. The van der Waals surface area contributed by atoms with Gasteiger partial charge >= 0.3 is 0 Å². The number of hydrogen-bond donors (Lipinski definition) is 1. The molecule has 4 aromatic rings. The van der Waals surface area contributed by atoms with Crippen LogP contribution in [0.3, 0.4) is 0 Å². The van der Waals surface area contributed by atoms with Gasteiger partial charge in [-0.15, -0.1) is 0 Å². The molecule has 0 aromatic heterocycles. The zero-order valence-electron chi connectivity index (χ0n) is 20.2. The number of anilines is 1. The van der Waals surface area contributed by atoms with Crippen LogP contribution in [0.1, 0.15) is 56.3 Å². The van der Waals surface area contributed by atoms with Gasteiger partial charge in [-0.05, 0) is 69.6 Å². The molecule has 0 bridgehead atoms. The van der Waals surface area contributed by atoms with Crippen molar-refractivity contribution in [3.63, 3.8) is 0 Å². The Balaban J connectivity index is 1.45. The van der Waals surface area contributed by atoms with Crippen molar-refractivity contribution < 1.29 is 4.79 Å². The van der Waals surface area contributed by atoms with Crippen molar-refractivity contribution in [1.29, 1.82) is 0 Å². The number of nitrogens with one attached hydrogen (secondary N) is 1. The number of fused-ring (bicyclic) bond motifs is 5. The Hall–Kier alpha value is -3.79. The van der Waals surface area contributed by atoms with Gasteiger partial charge in [0.05, 0.1) is 6.04 Å². The first-order valence-corrected chi connectivity index (χ1v) is 12.3. The second-order valence-corrected chi connectivity index (χ2v) is 11.2. The SMILES string of the molecule is CC1(C)CC(=O)C2=C(C1)c1c(ccc3cc4ccccc4cc13)NC2c1ccc(C2(C)N=N2)cc1. The Kier molecular flexibility index (Phi) is 4.04. The fourth-order valence-electron chi connectivity index (χ4n) is 6.01. The second kappa shape index (κ2) is 6.88. The fourth-order valence-corrected chi connectivity index (χ4v) is 6.01. The average Bonchev–Trinajstić information content (AvgIpc) is 3.59. The molecule has 172 valence electrons. The van der Waals surface area contributed by atoms with Crippen LogP contribution >= 0.6 is 0 Å². The molecular weight excluding hydrogens is 430 g/mol. The maximum Gasteiger partial charge on any atom is 0.213 e. The van der Waals surface area contributed by atoms with Gasteiger partial charge in [-0.25, -0.2) is 0 Å². The highest BCUT2D eigenvalue weighted by Crippen LogP contribution is 2.52. The summed E-state index contributed by atoms with van der Waals surface area (Å²) in [4.78, 5) is 13.7. The van der Waals surface area contributed by atoms with Crippen molar-refractivity contribution in [2.45, 2.75) is 45.3 Å². The second-order valence-electron chi connectivity index (χ2n) is 11.2. The number of rotatable bonds is 2. The number of allylic oxidation sites excluding steroid dienone is 1. The van der Waals surface area contributed by atoms with Crippen LogP contribution in [0.4, 0.5) is 5.69 Å². The molecule has 7 rings (SSSR count). The largest absolute Gasteiger partial charge is 0.373 e. The minimum absolute atomic E-state index is 0.0679. The van der Waals surface area contributed by atoms with Crippen LogP contribution in [-0.2, 0) is 10.5 Å². The quantitative estimate of drug-likeness (QED) is 0.311. The molecule has 4 heteroatoms. The van der Waals surface area contributed by atoms with E-state index in [1.807, 2.05) is 6.92 Å². The Bertz CT molecular complexity index is 1620. The van der Waals surface area contributed by atoms with Crippen molar-refractivity contribution >= 4 is 38.6 Å². The number of ketones is 1. The molecular formula is C31H27N3O. The molecule has 0 spiro atoms. The van der Waals surface area contributed by atoms with E-state index in [0.29, 0.717) is 6.42 Å². The van der Waals surface area contributed by atoms with Crippen LogP contribution in [-0.4, -0.2) is 5.78 Å². The minimum atomic E-state index is -0.401. The van der Waals surface area contributed by atoms with Crippen molar-refractivity contribution in [3.05, 3.63) is 95.1 Å². The van der Waals surface area contributed by atoms with E-state index in [1.54, 1.807) is 0 Å². The molecule has 0 radical (unpaired) electrons. The number of benzene rings is 4. The van der Waals surface area contributed by atoms with E-state index in [0.717, 1.165) is 28.8 Å². The third-order valence-electron chi connectivity index (χ3n) is 7.89. The zero-order chi connectivity index (χ0) is 23.9. The molecule has 2 aliphatic heterocycles. The number of nitrogens with zero attached hydrogens (tertiary/aromatic N) is 2. The standard InChI is InChI=1S/C31H27N3O/c1-30(2)16-24-27-23-15-20-7-5-4-6-19(20)14-21(23)10-13-25(27)32-29(28(24)26(35)17-30)18-8-11-22(12-9-18)31(3)33-34-31/h4-15,29,32H,16-17H2,1-3H3. The normalized spacial score (nSPS) is 21.6. The van der Waals surface area contributed by atoms with E-state index in [2.05, 4.69) is 102 Å². The smallest absolute Gasteiger partial charge is 0.213 e. The monoisotopic (exact) mass is 457 g/mol. The van der Waals surface area contributed by atoms with Gasteiger partial charge in [0.25, 0.3) is 0 Å². The van der Waals surface area contributed by atoms with E-state index in [4.69, 9.17) is 0 Å². The Morgan fingerprint density at radius 2 is 1.54 bits per heavy atom. The van der Waals surface area contributed by atoms with Gasteiger partial charge in [-0.3, -0.25) is 4.79 Å². The van der Waals surface area contributed by atoms with Crippen LogP contribution in [0.5, 0.6) is 0 Å². The van der Waals surface area contributed by atoms with Crippen LogP contribution in [0.2, 0.25) is 0 Å². The first-order valence-electron chi connectivity index (χ1n) is 12.3. The lowest BCUT2D eigenvalue weighted by atomic mass is 9.67. The van der Waals surface area contributed by atoms with Gasteiger partial charge in [0.15, 0.2) is 5.78 Å². The van der Waals surface area contributed by atoms with Gasteiger partial charge < -0.3 is 5.32 Å². The molecule has 0 fully saturated rings. The highest BCUT2D eigenvalue weighted by Gasteiger charge is 2.41. The maximum atomic E-state index is 13.7. The van der Waals surface area contributed by atoms with E-state index >= 15 is 0 Å². The lowest BCUT2D eigenvalue weighted by Gasteiger charge is -2.40. The third kappa shape index (κ3) is 3.16. The third-order valence-corrected chi connectivity index (χ3v) is 7.89. The summed E-state index contributed by atoms with van der Waals surface area (Å²) < 4.78 is 0. The lowest BCUT2D eigenvalue weighted by Crippen LogP contribution is -2.33. The predicted molar refractivity (Wildman–Crippen MR) is 141 cm³/mol. The van der Waals surface area contributed by atoms with Crippen LogP contribution < -0.4 is 5.32 Å². The van der Waals surface area contributed by atoms with Gasteiger partial charge in [-0.1, -0.05) is 68.4 Å². The Labute approximate surface area is 204 Å². The number of Topliss-reactive ketones (excluding diaryl/α,β-unsaturated/α-hetero) is 1.